The van der Waals surface area contributed by atoms with Crippen LogP contribution in [0.1, 0.15) is 11.4 Å². The van der Waals surface area contributed by atoms with Crippen LogP contribution in [0.15, 0.2) is 60.0 Å². The monoisotopic (exact) mass is 393 g/mol. The summed E-state index contributed by atoms with van der Waals surface area (Å²) in [5.74, 6) is -0.599. The second kappa shape index (κ2) is 7.82. The van der Waals surface area contributed by atoms with Gasteiger partial charge in [-0.15, -0.1) is 11.3 Å². The largest absolute Gasteiger partial charge is 0.508 e. The van der Waals surface area contributed by atoms with E-state index >= 15 is 0 Å². The van der Waals surface area contributed by atoms with Crippen LogP contribution in [-0.2, 0) is 16.1 Å². The van der Waals surface area contributed by atoms with Gasteiger partial charge in [0, 0.05) is 35.7 Å². The lowest BCUT2D eigenvalue weighted by atomic mass is 10.1. The number of phenolic OH excluding ortho intramolecular Hbond substituents is 1. The van der Waals surface area contributed by atoms with E-state index in [1.807, 2.05) is 35.7 Å². The minimum atomic E-state index is -0.414. The second-order valence-electron chi connectivity index (χ2n) is 6.64. The minimum Gasteiger partial charge on any atom is -0.508 e. The molecule has 3 aromatic rings. The highest BCUT2D eigenvalue weighted by Gasteiger charge is 2.35. The normalized spacial score (nSPS) is 16.4. The molecule has 1 fully saturated rings. The number of phenols is 1. The van der Waals surface area contributed by atoms with Crippen molar-refractivity contribution in [2.24, 2.45) is 5.92 Å². The lowest BCUT2D eigenvalue weighted by molar-refractivity contribution is -0.126. The maximum absolute atomic E-state index is 12.5. The van der Waals surface area contributed by atoms with Crippen molar-refractivity contribution < 1.29 is 14.7 Å². The van der Waals surface area contributed by atoms with Crippen LogP contribution in [0.5, 0.6) is 5.75 Å². The van der Waals surface area contributed by atoms with Gasteiger partial charge < -0.3 is 15.3 Å². The minimum absolute atomic E-state index is 0.0937. The molecule has 0 aliphatic carbocycles. The third kappa shape index (κ3) is 3.89. The number of nitrogens with zero attached hydrogens (tertiary/aromatic N) is 2. The average Bonchev–Trinajstić information content (AvgIpc) is 3.34. The molecule has 142 valence electrons. The Balaban J connectivity index is 1.36. The van der Waals surface area contributed by atoms with E-state index < -0.39 is 5.92 Å². The number of aromatic hydroxyl groups is 1. The summed E-state index contributed by atoms with van der Waals surface area (Å²) in [6.07, 6.45) is 0.161. The highest BCUT2D eigenvalue weighted by Crippen LogP contribution is 2.28. The van der Waals surface area contributed by atoms with Gasteiger partial charge in [-0.1, -0.05) is 36.4 Å². The first-order valence-corrected chi connectivity index (χ1v) is 9.85. The van der Waals surface area contributed by atoms with Crippen molar-refractivity contribution >= 4 is 28.8 Å². The van der Waals surface area contributed by atoms with Crippen molar-refractivity contribution in [3.63, 3.8) is 0 Å². The maximum atomic E-state index is 12.5. The van der Waals surface area contributed by atoms with Gasteiger partial charge in [0.25, 0.3) is 0 Å². The van der Waals surface area contributed by atoms with Gasteiger partial charge in [0.2, 0.25) is 11.8 Å². The Kier molecular flexibility index (Phi) is 5.08. The number of hydrogen-bond acceptors (Lipinski definition) is 5. The van der Waals surface area contributed by atoms with E-state index in [0.717, 1.165) is 16.3 Å². The number of benzene rings is 2. The first-order chi connectivity index (χ1) is 13.6. The fourth-order valence-corrected chi connectivity index (χ4v) is 3.98. The van der Waals surface area contributed by atoms with Crippen LogP contribution >= 0.6 is 11.3 Å². The lowest BCUT2D eigenvalue weighted by Gasteiger charge is -2.16. The predicted octanol–water partition coefficient (Wildman–Crippen LogP) is 3.19. The number of carbonyl (C=O) groups excluding carboxylic acids is 2. The zero-order chi connectivity index (χ0) is 19.5. The first kappa shape index (κ1) is 18.2. The molecule has 2 amide bonds. The topological polar surface area (TPSA) is 82.5 Å². The number of amides is 2. The molecule has 1 aliphatic heterocycles. The molecule has 0 spiro atoms. The van der Waals surface area contributed by atoms with Gasteiger partial charge in [-0.2, -0.15) is 0 Å². The van der Waals surface area contributed by atoms with E-state index in [9.17, 15) is 14.7 Å². The van der Waals surface area contributed by atoms with Gasteiger partial charge in [0.1, 0.15) is 10.8 Å². The Bertz CT molecular complexity index is 1000. The Morgan fingerprint density at radius 2 is 2.04 bits per heavy atom. The molecule has 6 nitrogen and oxygen atoms in total. The van der Waals surface area contributed by atoms with Gasteiger partial charge in [-0.25, -0.2) is 4.98 Å². The molecule has 1 saturated heterocycles. The lowest BCUT2D eigenvalue weighted by Crippen LogP contribution is -2.32. The van der Waals surface area contributed by atoms with Crippen molar-refractivity contribution in [1.82, 2.24) is 10.3 Å². The second-order valence-corrected chi connectivity index (χ2v) is 7.58. The molecule has 0 unspecified atom stereocenters. The number of carbonyl (C=O) groups is 2. The van der Waals surface area contributed by atoms with Crippen molar-refractivity contribution in [2.75, 3.05) is 11.4 Å². The smallest absolute Gasteiger partial charge is 0.227 e. The zero-order valence-electron chi connectivity index (χ0n) is 15.0. The first-order valence-electron chi connectivity index (χ1n) is 8.97. The van der Waals surface area contributed by atoms with Crippen LogP contribution < -0.4 is 10.2 Å². The van der Waals surface area contributed by atoms with Gasteiger partial charge in [-0.05, 0) is 12.1 Å². The Hall–Kier alpha value is -3.19. The van der Waals surface area contributed by atoms with E-state index in [0.29, 0.717) is 18.8 Å². The van der Waals surface area contributed by atoms with Gasteiger partial charge in [0.15, 0.2) is 0 Å². The van der Waals surface area contributed by atoms with E-state index in [1.54, 1.807) is 23.1 Å². The standard InChI is InChI=1S/C21H19N3O3S/c25-17-8-4-7-16(10-17)24-12-15(9-20(24)26)21(27)22-11-19-23-18(13-28-19)14-5-2-1-3-6-14/h1-8,10,13,15,25H,9,11-12H2,(H,22,27)/t15-/m0/s1. The maximum Gasteiger partial charge on any atom is 0.227 e. The molecule has 1 aromatic heterocycles. The summed E-state index contributed by atoms with van der Waals surface area (Å²) in [4.78, 5) is 30.9. The molecule has 2 aromatic carbocycles. The SMILES string of the molecule is O=C(NCc1nc(-c2ccccc2)cs1)[C@H]1CC(=O)N(c2cccc(O)c2)C1. The molecule has 28 heavy (non-hydrogen) atoms. The van der Waals surface area contributed by atoms with E-state index in [2.05, 4.69) is 10.3 Å². The molecule has 0 saturated carbocycles. The van der Waals surface area contributed by atoms with Crippen LogP contribution in [-0.4, -0.2) is 28.4 Å². The third-order valence-corrected chi connectivity index (χ3v) is 5.52. The zero-order valence-corrected chi connectivity index (χ0v) is 15.9. The fraction of sp³-hybridized carbons (Fsp3) is 0.190. The molecule has 2 heterocycles. The quantitative estimate of drug-likeness (QED) is 0.697. The molecule has 1 aliphatic rings. The van der Waals surface area contributed by atoms with Crippen molar-refractivity contribution in [3.05, 3.63) is 65.0 Å². The van der Waals surface area contributed by atoms with Crippen LogP contribution in [0.3, 0.4) is 0 Å². The molecule has 1 atom stereocenters. The van der Waals surface area contributed by atoms with Crippen molar-refractivity contribution in [1.29, 1.82) is 0 Å². The summed E-state index contributed by atoms with van der Waals surface area (Å²) in [5, 5.41) is 15.3. The van der Waals surface area contributed by atoms with Crippen molar-refractivity contribution in [3.8, 4) is 17.0 Å². The highest BCUT2D eigenvalue weighted by molar-refractivity contribution is 7.09. The van der Waals surface area contributed by atoms with E-state index in [4.69, 9.17) is 0 Å². The van der Waals surface area contributed by atoms with Crippen LogP contribution in [0.2, 0.25) is 0 Å². The summed E-state index contributed by atoms with van der Waals surface area (Å²) in [5.41, 5.74) is 2.54. The molecular formula is C21H19N3O3S. The number of anilines is 1. The molecule has 4 rings (SSSR count). The predicted molar refractivity (Wildman–Crippen MR) is 108 cm³/mol. The van der Waals surface area contributed by atoms with Gasteiger partial charge >= 0.3 is 0 Å². The number of aromatic nitrogens is 1. The fourth-order valence-electron chi connectivity index (χ4n) is 3.23. The van der Waals surface area contributed by atoms with E-state index in [-0.39, 0.29) is 24.0 Å². The average molecular weight is 393 g/mol. The Morgan fingerprint density at radius 1 is 1.21 bits per heavy atom. The molecule has 7 heteroatoms. The Labute approximate surface area is 166 Å². The summed E-state index contributed by atoms with van der Waals surface area (Å²) in [6, 6.07) is 16.4. The Morgan fingerprint density at radius 3 is 2.82 bits per heavy atom. The summed E-state index contributed by atoms with van der Waals surface area (Å²) in [6.45, 7) is 0.647. The number of nitrogens with one attached hydrogen (secondary N) is 1. The number of thiazole rings is 1. The van der Waals surface area contributed by atoms with Gasteiger partial charge in [-0.3, -0.25) is 9.59 Å². The molecule has 0 radical (unpaired) electrons. The van der Waals surface area contributed by atoms with Crippen LogP contribution in [0, 0.1) is 5.92 Å². The third-order valence-electron chi connectivity index (χ3n) is 4.67. The number of hydrogen-bond donors (Lipinski definition) is 2. The highest BCUT2D eigenvalue weighted by atomic mass is 32.1. The van der Waals surface area contributed by atoms with Gasteiger partial charge in [0.05, 0.1) is 18.2 Å². The molecule has 0 bridgehead atoms. The number of rotatable bonds is 5. The molecular weight excluding hydrogens is 374 g/mol. The summed E-state index contributed by atoms with van der Waals surface area (Å²) < 4.78 is 0. The summed E-state index contributed by atoms with van der Waals surface area (Å²) >= 11 is 1.50. The molecule has 2 N–H and O–H groups in total. The van der Waals surface area contributed by atoms with Crippen LogP contribution in [0.25, 0.3) is 11.3 Å². The van der Waals surface area contributed by atoms with Crippen LogP contribution in [0.4, 0.5) is 5.69 Å². The summed E-state index contributed by atoms with van der Waals surface area (Å²) in [7, 11) is 0. The van der Waals surface area contributed by atoms with E-state index in [1.165, 1.54) is 17.4 Å². The van der Waals surface area contributed by atoms with Crippen molar-refractivity contribution in [2.45, 2.75) is 13.0 Å².